The number of rotatable bonds is 3. The molecule has 1 aromatic carbocycles. The van der Waals surface area contributed by atoms with Crippen molar-refractivity contribution in [2.24, 2.45) is 0 Å². The molecule has 0 saturated heterocycles. The van der Waals surface area contributed by atoms with Gasteiger partial charge in [0, 0.05) is 18.6 Å². The molecule has 0 aliphatic carbocycles. The highest BCUT2D eigenvalue weighted by molar-refractivity contribution is 5.38. The van der Waals surface area contributed by atoms with Crippen LogP contribution in [0.5, 0.6) is 5.75 Å². The Balaban J connectivity index is 0.000000208. The quantitative estimate of drug-likeness (QED) is 0.642. The van der Waals surface area contributed by atoms with Crippen LogP contribution in [0, 0.1) is 13.8 Å². The van der Waals surface area contributed by atoms with Crippen molar-refractivity contribution in [3.05, 3.63) is 66.1 Å². The van der Waals surface area contributed by atoms with Crippen molar-refractivity contribution in [2.75, 3.05) is 6.61 Å². The standard InChI is InChI=1S/C10H14O.C8H8N2.C2H6/c1-3-8-11-10-6-4-9(2)5-7-10;1-7-2-3-8-9-4-5-10(8)6-7;1-2/h4-7H,3,8H2,1-2H3;2-6H,1H3;1-2H3. The molecule has 0 radical (unpaired) electrons. The summed E-state index contributed by atoms with van der Waals surface area (Å²) in [6.07, 6.45) is 6.87. The Morgan fingerprint density at radius 3 is 2.26 bits per heavy atom. The van der Waals surface area contributed by atoms with Gasteiger partial charge in [0.25, 0.3) is 0 Å². The molecule has 3 heteroatoms. The predicted molar refractivity (Wildman–Crippen MR) is 98.2 cm³/mol. The largest absolute Gasteiger partial charge is 0.494 e. The topological polar surface area (TPSA) is 26.5 Å². The van der Waals surface area contributed by atoms with E-state index in [-0.39, 0.29) is 0 Å². The van der Waals surface area contributed by atoms with E-state index >= 15 is 0 Å². The minimum atomic E-state index is 0.809. The molecule has 0 amide bonds. The van der Waals surface area contributed by atoms with Crippen LogP contribution in [0.15, 0.2) is 55.0 Å². The summed E-state index contributed by atoms with van der Waals surface area (Å²) in [4.78, 5) is 4.12. The average Bonchev–Trinajstić information content (AvgIpc) is 3.04. The second-order valence-electron chi connectivity index (χ2n) is 5.06. The summed E-state index contributed by atoms with van der Waals surface area (Å²) < 4.78 is 7.42. The molecule has 3 nitrogen and oxygen atoms in total. The highest BCUT2D eigenvalue weighted by Gasteiger charge is 1.90. The smallest absolute Gasteiger partial charge is 0.136 e. The Morgan fingerprint density at radius 2 is 1.61 bits per heavy atom. The van der Waals surface area contributed by atoms with Crippen LogP contribution >= 0.6 is 0 Å². The number of hydrogen-bond acceptors (Lipinski definition) is 2. The number of benzene rings is 1. The molecule has 0 bridgehead atoms. The molecule has 0 aliphatic heterocycles. The summed E-state index contributed by atoms with van der Waals surface area (Å²) in [5.74, 6) is 0.970. The molecule has 3 rings (SSSR count). The van der Waals surface area contributed by atoms with Crippen LogP contribution in [-0.4, -0.2) is 16.0 Å². The van der Waals surface area contributed by atoms with Gasteiger partial charge in [-0.2, -0.15) is 0 Å². The minimum absolute atomic E-state index is 0.809. The zero-order chi connectivity index (χ0) is 17.1. The van der Waals surface area contributed by atoms with E-state index in [0.29, 0.717) is 0 Å². The zero-order valence-electron chi connectivity index (χ0n) is 14.9. The molecule has 23 heavy (non-hydrogen) atoms. The molecule has 0 spiro atoms. The summed E-state index contributed by atoms with van der Waals surface area (Å²) in [5, 5.41) is 0. The molecule has 2 heterocycles. The molecule has 0 unspecified atom stereocenters. The van der Waals surface area contributed by atoms with Crippen LogP contribution in [0.2, 0.25) is 0 Å². The lowest BCUT2D eigenvalue weighted by atomic mass is 10.2. The van der Waals surface area contributed by atoms with Crippen molar-refractivity contribution in [1.29, 1.82) is 0 Å². The Bertz CT molecular complexity index is 671. The lowest BCUT2D eigenvalue weighted by Gasteiger charge is -2.03. The zero-order valence-corrected chi connectivity index (χ0v) is 14.9. The van der Waals surface area contributed by atoms with Crippen LogP contribution in [0.1, 0.15) is 38.3 Å². The maximum atomic E-state index is 5.41. The van der Waals surface area contributed by atoms with E-state index in [0.717, 1.165) is 24.4 Å². The van der Waals surface area contributed by atoms with E-state index in [2.05, 4.69) is 50.2 Å². The number of aromatic nitrogens is 2. The minimum Gasteiger partial charge on any atom is -0.494 e. The van der Waals surface area contributed by atoms with Gasteiger partial charge in [-0.15, -0.1) is 0 Å². The van der Waals surface area contributed by atoms with Gasteiger partial charge in [0.1, 0.15) is 11.4 Å². The Hall–Kier alpha value is -2.29. The fourth-order valence-corrected chi connectivity index (χ4v) is 1.89. The summed E-state index contributed by atoms with van der Waals surface area (Å²) in [6, 6.07) is 12.2. The van der Waals surface area contributed by atoms with Crippen LogP contribution in [0.4, 0.5) is 0 Å². The third kappa shape index (κ3) is 6.55. The maximum Gasteiger partial charge on any atom is 0.136 e. The third-order valence-electron chi connectivity index (χ3n) is 3.03. The van der Waals surface area contributed by atoms with E-state index < -0.39 is 0 Å². The van der Waals surface area contributed by atoms with Crippen molar-refractivity contribution in [2.45, 2.75) is 41.0 Å². The van der Waals surface area contributed by atoms with E-state index in [4.69, 9.17) is 4.74 Å². The van der Waals surface area contributed by atoms with Gasteiger partial charge in [0.05, 0.1) is 6.61 Å². The number of hydrogen-bond donors (Lipinski definition) is 0. The number of imidazole rings is 1. The van der Waals surface area contributed by atoms with Gasteiger partial charge in [-0.1, -0.05) is 44.5 Å². The first-order valence-electron chi connectivity index (χ1n) is 8.28. The lowest BCUT2D eigenvalue weighted by molar-refractivity contribution is 0.317. The summed E-state index contributed by atoms with van der Waals surface area (Å²) >= 11 is 0. The molecular weight excluding hydrogens is 284 g/mol. The molecule has 0 atom stereocenters. The highest BCUT2D eigenvalue weighted by Crippen LogP contribution is 2.11. The van der Waals surface area contributed by atoms with E-state index in [9.17, 15) is 0 Å². The monoisotopic (exact) mass is 312 g/mol. The number of aryl methyl sites for hydroxylation is 2. The van der Waals surface area contributed by atoms with Crippen molar-refractivity contribution >= 4 is 5.65 Å². The summed E-state index contributed by atoms with van der Waals surface area (Å²) in [6.45, 7) is 11.1. The number of fused-ring (bicyclic) bond motifs is 1. The Kier molecular flexibility index (Phi) is 8.51. The number of ether oxygens (including phenoxy) is 1. The van der Waals surface area contributed by atoms with E-state index in [1.165, 1.54) is 11.1 Å². The molecular formula is C20H28N2O. The van der Waals surface area contributed by atoms with Crippen molar-refractivity contribution in [3.8, 4) is 5.75 Å². The SMILES string of the molecule is CC.CCCOc1ccc(C)cc1.Cc1ccc2nccn2c1. The fraction of sp³-hybridized carbons (Fsp3) is 0.350. The van der Waals surface area contributed by atoms with Crippen molar-refractivity contribution < 1.29 is 4.74 Å². The van der Waals surface area contributed by atoms with Gasteiger partial charge < -0.3 is 9.14 Å². The third-order valence-corrected chi connectivity index (χ3v) is 3.03. The van der Waals surface area contributed by atoms with Crippen LogP contribution in [0.3, 0.4) is 0 Å². The van der Waals surface area contributed by atoms with Gasteiger partial charge in [-0.05, 0) is 44.0 Å². The number of nitrogens with zero attached hydrogens (tertiary/aromatic N) is 2. The first kappa shape index (κ1) is 18.8. The predicted octanol–water partition coefficient (Wildman–Crippen LogP) is 5.45. The molecule has 2 aromatic heterocycles. The maximum absolute atomic E-state index is 5.41. The van der Waals surface area contributed by atoms with Crippen LogP contribution in [0.25, 0.3) is 5.65 Å². The van der Waals surface area contributed by atoms with Gasteiger partial charge in [-0.25, -0.2) is 4.98 Å². The van der Waals surface area contributed by atoms with E-state index in [1.54, 1.807) is 6.20 Å². The number of pyridine rings is 1. The molecule has 0 fully saturated rings. The second kappa shape index (κ2) is 10.4. The Labute approximate surface area is 140 Å². The molecule has 0 N–H and O–H groups in total. The average molecular weight is 312 g/mol. The van der Waals surface area contributed by atoms with E-state index in [1.807, 2.05) is 42.6 Å². The first-order chi connectivity index (χ1) is 11.2. The van der Waals surface area contributed by atoms with Crippen molar-refractivity contribution in [3.63, 3.8) is 0 Å². The summed E-state index contributed by atoms with van der Waals surface area (Å²) in [7, 11) is 0. The van der Waals surface area contributed by atoms with Gasteiger partial charge in [0.2, 0.25) is 0 Å². The van der Waals surface area contributed by atoms with Crippen LogP contribution in [-0.2, 0) is 0 Å². The normalized spacial score (nSPS) is 9.43. The van der Waals surface area contributed by atoms with Crippen LogP contribution < -0.4 is 4.74 Å². The Morgan fingerprint density at radius 1 is 0.957 bits per heavy atom. The molecule has 0 saturated carbocycles. The van der Waals surface area contributed by atoms with Crippen molar-refractivity contribution in [1.82, 2.24) is 9.38 Å². The summed E-state index contributed by atoms with van der Waals surface area (Å²) in [5.41, 5.74) is 3.53. The molecule has 124 valence electrons. The first-order valence-corrected chi connectivity index (χ1v) is 8.28. The molecule has 3 aromatic rings. The highest BCUT2D eigenvalue weighted by atomic mass is 16.5. The van der Waals surface area contributed by atoms with Gasteiger partial charge >= 0.3 is 0 Å². The van der Waals surface area contributed by atoms with Gasteiger partial charge in [-0.3, -0.25) is 0 Å². The van der Waals surface area contributed by atoms with Gasteiger partial charge in [0.15, 0.2) is 0 Å². The fourth-order valence-electron chi connectivity index (χ4n) is 1.89. The molecule has 0 aliphatic rings. The lowest BCUT2D eigenvalue weighted by Crippen LogP contribution is -1.94. The second-order valence-corrected chi connectivity index (χ2v) is 5.06.